The van der Waals surface area contributed by atoms with Crippen molar-refractivity contribution in [3.8, 4) is 5.75 Å². The molecular weight excluding hydrogens is 318 g/mol. The monoisotopic (exact) mass is 345 g/mol. The Kier molecular flexibility index (Phi) is 7.01. The van der Waals surface area contributed by atoms with E-state index in [2.05, 4.69) is 22.7 Å². The third-order valence-corrected chi connectivity index (χ3v) is 4.01. The predicted octanol–water partition coefficient (Wildman–Crippen LogP) is 2.53. The summed E-state index contributed by atoms with van der Waals surface area (Å²) >= 11 is 0. The van der Waals surface area contributed by atoms with Crippen LogP contribution in [0.5, 0.6) is 5.75 Å². The number of amides is 1. The van der Waals surface area contributed by atoms with Crippen LogP contribution in [0.3, 0.4) is 0 Å². The van der Waals surface area contributed by atoms with Crippen LogP contribution in [0.25, 0.3) is 0 Å². The Morgan fingerprint density at radius 1 is 1.28 bits per heavy atom. The van der Waals surface area contributed by atoms with E-state index in [0.717, 1.165) is 34.9 Å². The molecule has 0 saturated carbocycles. The summed E-state index contributed by atoms with van der Waals surface area (Å²) in [5, 5.41) is 10.1. The third kappa shape index (κ3) is 5.90. The average molecular weight is 345 g/mol. The lowest BCUT2D eigenvalue weighted by atomic mass is 10.1. The van der Waals surface area contributed by atoms with Crippen LogP contribution in [-0.2, 0) is 17.8 Å². The number of hydrogen-bond acceptors (Lipinski definition) is 5. The molecule has 0 aliphatic carbocycles. The minimum absolute atomic E-state index is 0.0224. The van der Waals surface area contributed by atoms with Gasteiger partial charge in [0.25, 0.3) is 0 Å². The van der Waals surface area contributed by atoms with Gasteiger partial charge in [0.15, 0.2) is 0 Å². The lowest BCUT2D eigenvalue weighted by Crippen LogP contribution is -2.39. The van der Waals surface area contributed by atoms with Gasteiger partial charge in [-0.2, -0.15) is 0 Å². The molecule has 1 aromatic heterocycles. The fourth-order valence-electron chi connectivity index (χ4n) is 2.50. The summed E-state index contributed by atoms with van der Waals surface area (Å²) in [5.41, 5.74) is 2.77. The molecule has 1 amide bonds. The first-order chi connectivity index (χ1) is 12.0. The number of aryl methyl sites for hydroxylation is 2. The highest BCUT2D eigenvalue weighted by Crippen LogP contribution is 2.18. The molecule has 1 heterocycles. The van der Waals surface area contributed by atoms with Crippen LogP contribution < -0.4 is 15.4 Å². The molecule has 136 valence electrons. The number of nitrogens with zero attached hydrogens (tertiary/aromatic N) is 1. The van der Waals surface area contributed by atoms with E-state index in [9.17, 15) is 4.79 Å². The van der Waals surface area contributed by atoms with E-state index >= 15 is 0 Å². The van der Waals surface area contributed by atoms with Crippen molar-refractivity contribution < 1.29 is 14.1 Å². The first kappa shape index (κ1) is 19.0. The van der Waals surface area contributed by atoms with Crippen LogP contribution in [0.4, 0.5) is 0 Å². The number of carbonyl (C=O) groups is 1. The van der Waals surface area contributed by atoms with Gasteiger partial charge in [0, 0.05) is 12.6 Å². The van der Waals surface area contributed by atoms with Crippen molar-refractivity contribution in [1.29, 1.82) is 0 Å². The van der Waals surface area contributed by atoms with Crippen molar-refractivity contribution in [2.75, 3.05) is 13.1 Å². The van der Waals surface area contributed by atoms with Gasteiger partial charge in [0.2, 0.25) is 5.91 Å². The van der Waals surface area contributed by atoms with Crippen LogP contribution in [0.15, 0.2) is 28.8 Å². The minimum atomic E-state index is 0.0224. The number of benzene rings is 1. The van der Waals surface area contributed by atoms with Crippen LogP contribution in [-0.4, -0.2) is 30.2 Å². The lowest BCUT2D eigenvalue weighted by Gasteiger charge is -2.13. The Morgan fingerprint density at radius 3 is 2.60 bits per heavy atom. The van der Waals surface area contributed by atoms with Crippen molar-refractivity contribution in [2.45, 2.75) is 46.8 Å². The summed E-state index contributed by atoms with van der Waals surface area (Å²) in [6.07, 6.45) is 0.364. The zero-order chi connectivity index (χ0) is 18.2. The van der Waals surface area contributed by atoms with Crippen LogP contribution in [0.2, 0.25) is 0 Å². The summed E-state index contributed by atoms with van der Waals surface area (Å²) in [6.45, 7) is 9.81. The number of aromatic nitrogens is 1. The molecule has 0 aliphatic heterocycles. The largest absolute Gasteiger partial charge is 0.489 e. The summed E-state index contributed by atoms with van der Waals surface area (Å²) in [7, 11) is 0. The van der Waals surface area contributed by atoms with E-state index in [0.29, 0.717) is 19.6 Å². The smallest absolute Gasteiger partial charge is 0.224 e. The van der Waals surface area contributed by atoms with E-state index in [4.69, 9.17) is 9.26 Å². The number of hydrogen-bond donors (Lipinski definition) is 2. The van der Waals surface area contributed by atoms with E-state index < -0.39 is 0 Å². The molecule has 25 heavy (non-hydrogen) atoms. The summed E-state index contributed by atoms with van der Waals surface area (Å²) in [4.78, 5) is 12.0. The summed E-state index contributed by atoms with van der Waals surface area (Å²) in [6, 6.07) is 7.85. The van der Waals surface area contributed by atoms with Gasteiger partial charge >= 0.3 is 0 Å². The average Bonchev–Trinajstić information content (AvgIpc) is 2.91. The molecule has 0 bridgehead atoms. The first-order valence-corrected chi connectivity index (χ1v) is 8.63. The zero-order valence-electron chi connectivity index (χ0n) is 15.4. The van der Waals surface area contributed by atoms with Gasteiger partial charge in [-0.05, 0) is 45.0 Å². The van der Waals surface area contributed by atoms with E-state index in [-0.39, 0.29) is 11.9 Å². The minimum Gasteiger partial charge on any atom is -0.489 e. The second-order valence-corrected chi connectivity index (χ2v) is 6.17. The number of carbonyl (C=O) groups excluding carboxylic acids is 1. The zero-order valence-corrected chi connectivity index (χ0v) is 15.4. The third-order valence-electron chi connectivity index (χ3n) is 4.01. The van der Waals surface area contributed by atoms with Crippen molar-refractivity contribution >= 4 is 5.91 Å². The molecule has 6 heteroatoms. The Morgan fingerprint density at radius 2 is 2.00 bits per heavy atom. The SMILES string of the molecule is CCN[C@H](C)CNC(=O)Cc1ccc(OCc2c(C)noc2C)cc1. The molecule has 0 fully saturated rings. The van der Waals surface area contributed by atoms with Crippen LogP contribution >= 0.6 is 0 Å². The van der Waals surface area contributed by atoms with Gasteiger partial charge in [-0.1, -0.05) is 24.2 Å². The fraction of sp³-hybridized carbons (Fsp3) is 0.474. The number of rotatable bonds is 9. The van der Waals surface area contributed by atoms with E-state index in [1.165, 1.54) is 0 Å². The molecule has 2 aromatic rings. The highest BCUT2D eigenvalue weighted by molar-refractivity contribution is 5.78. The Balaban J connectivity index is 1.80. The summed E-state index contributed by atoms with van der Waals surface area (Å²) < 4.78 is 10.9. The topological polar surface area (TPSA) is 76.4 Å². The molecule has 1 aromatic carbocycles. The van der Waals surface area contributed by atoms with E-state index in [1.54, 1.807) is 0 Å². The van der Waals surface area contributed by atoms with Gasteiger partial charge in [-0.15, -0.1) is 0 Å². The van der Waals surface area contributed by atoms with Crippen molar-refractivity contribution in [3.63, 3.8) is 0 Å². The molecule has 0 spiro atoms. The van der Waals surface area contributed by atoms with Gasteiger partial charge in [-0.25, -0.2) is 0 Å². The van der Waals surface area contributed by atoms with E-state index in [1.807, 2.05) is 45.0 Å². The highest BCUT2D eigenvalue weighted by Gasteiger charge is 2.10. The molecule has 0 aliphatic rings. The number of likely N-dealkylation sites (N-methyl/N-ethyl adjacent to an activating group) is 1. The maximum Gasteiger partial charge on any atom is 0.224 e. The maximum atomic E-state index is 12.0. The second-order valence-electron chi connectivity index (χ2n) is 6.17. The van der Waals surface area contributed by atoms with Crippen LogP contribution in [0.1, 0.15) is 36.4 Å². The Labute approximate surface area is 148 Å². The predicted molar refractivity (Wildman–Crippen MR) is 96.6 cm³/mol. The maximum absolute atomic E-state index is 12.0. The van der Waals surface area contributed by atoms with Gasteiger partial charge in [0.1, 0.15) is 18.1 Å². The molecule has 2 rings (SSSR count). The standard InChI is InChI=1S/C19H27N3O3/c1-5-20-13(2)11-21-19(23)10-16-6-8-17(9-7-16)24-12-18-14(3)22-25-15(18)4/h6-9,13,20H,5,10-12H2,1-4H3,(H,21,23)/t13-/m1/s1. The van der Waals surface area contributed by atoms with Gasteiger partial charge < -0.3 is 19.9 Å². The second kappa shape index (κ2) is 9.22. The number of ether oxygens (including phenoxy) is 1. The van der Waals surface area contributed by atoms with Crippen molar-refractivity contribution in [1.82, 2.24) is 15.8 Å². The fourth-order valence-corrected chi connectivity index (χ4v) is 2.50. The Hall–Kier alpha value is -2.34. The molecule has 1 atom stereocenters. The molecule has 0 radical (unpaired) electrons. The van der Waals surface area contributed by atoms with Crippen LogP contribution in [0, 0.1) is 13.8 Å². The molecule has 0 saturated heterocycles. The van der Waals surface area contributed by atoms with Crippen molar-refractivity contribution in [2.24, 2.45) is 0 Å². The normalized spacial score (nSPS) is 12.0. The number of nitrogens with one attached hydrogen (secondary N) is 2. The van der Waals surface area contributed by atoms with Gasteiger partial charge in [0.05, 0.1) is 17.7 Å². The molecule has 0 unspecified atom stereocenters. The first-order valence-electron chi connectivity index (χ1n) is 8.63. The summed E-state index contributed by atoms with van der Waals surface area (Å²) in [5.74, 6) is 1.55. The molecule has 2 N–H and O–H groups in total. The molecular formula is C19H27N3O3. The lowest BCUT2D eigenvalue weighted by molar-refractivity contribution is -0.120. The highest BCUT2D eigenvalue weighted by atomic mass is 16.5. The molecule has 6 nitrogen and oxygen atoms in total. The quantitative estimate of drug-likeness (QED) is 0.730. The Bertz CT molecular complexity index is 660. The van der Waals surface area contributed by atoms with Gasteiger partial charge in [-0.3, -0.25) is 4.79 Å². The van der Waals surface area contributed by atoms with Crippen molar-refractivity contribution in [3.05, 3.63) is 46.8 Å².